The number of hydrogen-bond donors (Lipinski definition) is 0. The van der Waals surface area contributed by atoms with Crippen molar-refractivity contribution >= 4 is 5.84 Å². The van der Waals surface area contributed by atoms with E-state index in [1.165, 1.54) is 19.3 Å². The van der Waals surface area contributed by atoms with Crippen molar-refractivity contribution < 1.29 is 0 Å². The van der Waals surface area contributed by atoms with E-state index in [0.29, 0.717) is 0 Å². The van der Waals surface area contributed by atoms with Crippen LogP contribution in [0.15, 0.2) is 4.99 Å². The molecule has 0 saturated carbocycles. The first-order valence-electron chi connectivity index (χ1n) is 4.36. The van der Waals surface area contributed by atoms with Crippen LogP contribution in [0.1, 0.15) is 33.1 Å². The van der Waals surface area contributed by atoms with Gasteiger partial charge in [0.1, 0.15) is 0 Å². The summed E-state index contributed by atoms with van der Waals surface area (Å²) >= 11 is 0. The minimum absolute atomic E-state index is 1.13. The van der Waals surface area contributed by atoms with Gasteiger partial charge in [-0.25, -0.2) is 0 Å². The molecule has 0 N–H and O–H groups in total. The highest BCUT2D eigenvalue weighted by Gasteiger charge is 1.97. The molecule has 0 rings (SSSR count). The summed E-state index contributed by atoms with van der Waals surface area (Å²) in [6.07, 6.45) is 3.89. The van der Waals surface area contributed by atoms with Gasteiger partial charge in [0.25, 0.3) is 0 Å². The molecule has 0 heterocycles. The van der Waals surface area contributed by atoms with Crippen LogP contribution >= 0.6 is 0 Å². The van der Waals surface area contributed by atoms with Crippen LogP contribution in [-0.2, 0) is 0 Å². The number of rotatable bonds is 4. The topological polar surface area (TPSA) is 15.6 Å². The van der Waals surface area contributed by atoms with Crippen LogP contribution in [0.25, 0.3) is 0 Å². The molecule has 0 bridgehead atoms. The molecule has 0 aromatic heterocycles. The molecule has 11 heavy (non-hydrogen) atoms. The van der Waals surface area contributed by atoms with Gasteiger partial charge in [0.05, 0.1) is 5.84 Å². The maximum Gasteiger partial charge on any atom is 0.0951 e. The van der Waals surface area contributed by atoms with E-state index in [0.717, 1.165) is 12.4 Å². The lowest BCUT2D eigenvalue weighted by Crippen LogP contribution is -2.25. The molecule has 0 aliphatic rings. The third kappa shape index (κ3) is 4.82. The van der Waals surface area contributed by atoms with Crippen LogP contribution in [0.5, 0.6) is 0 Å². The Bertz CT molecular complexity index is 119. The standard InChI is InChI=1S/C9H20N2/c1-5-6-7-8-11(4)9(2)10-3/h5-8H2,1-4H3/b10-9+. The van der Waals surface area contributed by atoms with Gasteiger partial charge in [0.15, 0.2) is 0 Å². The molecule has 2 nitrogen and oxygen atoms in total. The van der Waals surface area contributed by atoms with E-state index in [-0.39, 0.29) is 0 Å². The van der Waals surface area contributed by atoms with Gasteiger partial charge in [-0.3, -0.25) is 4.99 Å². The predicted octanol–water partition coefficient (Wildman–Crippen LogP) is 2.16. The molecule has 0 aromatic carbocycles. The molecule has 0 spiro atoms. The summed E-state index contributed by atoms with van der Waals surface area (Å²) < 4.78 is 0. The Balaban J connectivity index is 3.44. The minimum Gasteiger partial charge on any atom is -0.364 e. The average molecular weight is 156 g/mol. The lowest BCUT2D eigenvalue weighted by Gasteiger charge is -2.17. The van der Waals surface area contributed by atoms with Crippen molar-refractivity contribution in [2.75, 3.05) is 20.6 Å². The number of unbranched alkanes of at least 4 members (excludes halogenated alkanes) is 2. The molecule has 0 aliphatic carbocycles. The number of aliphatic imine (C=N–C) groups is 1. The molecule has 0 fully saturated rings. The van der Waals surface area contributed by atoms with E-state index in [1.54, 1.807) is 0 Å². The fraction of sp³-hybridized carbons (Fsp3) is 0.889. The number of hydrogen-bond acceptors (Lipinski definition) is 1. The third-order valence-corrected chi connectivity index (χ3v) is 1.97. The van der Waals surface area contributed by atoms with E-state index in [9.17, 15) is 0 Å². The molecular weight excluding hydrogens is 136 g/mol. The second kappa shape index (κ2) is 6.20. The zero-order valence-corrected chi connectivity index (χ0v) is 8.22. The zero-order valence-electron chi connectivity index (χ0n) is 8.22. The second-order valence-corrected chi connectivity index (χ2v) is 2.90. The lowest BCUT2D eigenvalue weighted by atomic mass is 10.2. The Kier molecular flexibility index (Phi) is 5.90. The Hall–Kier alpha value is -0.530. The SMILES string of the molecule is CCCCCN(C)/C(C)=N/C. The van der Waals surface area contributed by atoms with Crippen LogP contribution in [0.3, 0.4) is 0 Å². The fourth-order valence-corrected chi connectivity index (χ4v) is 0.931. The van der Waals surface area contributed by atoms with Crippen molar-refractivity contribution in [3.8, 4) is 0 Å². The molecule has 0 unspecified atom stereocenters. The number of nitrogens with zero attached hydrogens (tertiary/aromatic N) is 2. The summed E-state index contributed by atoms with van der Waals surface area (Å²) in [7, 11) is 3.93. The molecule has 0 aromatic rings. The zero-order chi connectivity index (χ0) is 8.69. The van der Waals surface area contributed by atoms with Gasteiger partial charge in [0, 0.05) is 20.6 Å². The summed E-state index contributed by atoms with van der Waals surface area (Å²) in [6.45, 7) is 5.41. The maximum atomic E-state index is 4.11. The van der Waals surface area contributed by atoms with Gasteiger partial charge in [-0.2, -0.15) is 0 Å². The van der Waals surface area contributed by atoms with E-state index in [1.807, 2.05) is 14.0 Å². The highest BCUT2D eigenvalue weighted by molar-refractivity contribution is 5.79. The van der Waals surface area contributed by atoms with E-state index >= 15 is 0 Å². The molecule has 0 atom stereocenters. The van der Waals surface area contributed by atoms with Crippen LogP contribution in [0.4, 0.5) is 0 Å². The van der Waals surface area contributed by atoms with Crippen molar-refractivity contribution in [3.63, 3.8) is 0 Å². The molecule has 0 radical (unpaired) electrons. The summed E-state index contributed by atoms with van der Waals surface area (Å²) in [6, 6.07) is 0. The molecular formula is C9H20N2. The first-order chi connectivity index (χ1) is 5.22. The van der Waals surface area contributed by atoms with E-state index < -0.39 is 0 Å². The van der Waals surface area contributed by atoms with E-state index in [4.69, 9.17) is 0 Å². The van der Waals surface area contributed by atoms with Gasteiger partial charge in [-0.05, 0) is 13.3 Å². The smallest absolute Gasteiger partial charge is 0.0951 e. The monoisotopic (exact) mass is 156 g/mol. The molecule has 0 saturated heterocycles. The summed E-state index contributed by atoms with van der Waals surface area (Å²) in [5.41, 5.74) is 0. The first-order valence-corrected chi connectivity index (χ1v) is 4.36. The van der Waals surface area contributed by atoms with Crippen LogP contribution in [-0.4, -0.2) is 31.4 Å². The van der Waals surface area contributed by atoms with Crippen molar-refractivity contribution in [1.29, 1.82) is 0 Å². The lowest BCUT2D eigenvalue weighted by molar-refractivity contribution is 0.473. The second-order valence-electron chi connectivity index (χ2n) is 2.90. The van der Waals surface area contributed by atoms with Gasteiger partial charge >= 0.3 is 0 Å². The quantitative estimate of drug-likeness (QED) is 0.346. The van der Waals surface area contributed by atoms with Gasteiger partial charge in [0.2, 0.25) is 0 Å². The van der Waals surface area contributed by atoms with E-state index in [2.05, 4.69) is 23.9 Å². The molecule has 0 aliphatic heterocycles. The van der Waals surface area contributed by atoms with Crippen molar-refractivity contribution in [1.82, 2.24) is 4.90 Å². The maximum absolute atomic E-state index is 4.11. The van der Waals surface area contributed by atoms with Crippen LogP contribution in [0.2, 0.25) is 0 Å². The summed E-state index contributed by atoms with van der Waals surface area (Å²) in [5, 5.41) is 0. The Morgan fingerprint density at radius 3 is 2.45 bits per heavy atom. The van der Waals surface area contributed by atoms with Gasteiger partial charge < -0.3 is 4.90 Å². The summed E-state index contributed by atoms with van der Waals surface area (Å²) in [4.78, 5) is 6.31. The molecule has 2 heteroatoms. The highest BCUT2D eigenvalue weighted by Crippen LogP contribution is 1.96. The predicted molar refractivity (Wildman–Crippen MR) is 51.2 cm³/mol. The summed E-state index contributed by atoms with van der Waals surface area (Å²) in [5.74, 6) is 1.13. The van der Waals surface area contributed by atoms with Gasteiger partial charge in [-0.1, -0.05) is 19.8 Å². The Morgan fingerprint density at radius 2 is 2.00 bits per heavy atom. The van der Waals surface area contributed by atoms with Crippen LogP contribution < -0.4 is 0 Å². The minimum atomic E-state index is 1.13. The largest absolute Gasteiger partial charge is 0.364 e. The van der Waals surface area contributed by atoms with Crippen molar-refractivity contribution in [2.24, 2.45) is 4.99 Å². The van der Waals surface area contributed by atoms with Crippen LogP contribution in [0, 0.1) is 0 Å². The van der Waals surface area contributed by atoms with Gasteiger partial charge in [-0.15, -0.1) is 0 Å². The first kappa shape index (κ1) is 10.5. The molecule has 0 amide bonds. The normalized spacial score (nSPS) is 11.8. The highest BCUT2D eigenvalue weighted by atomic mass is 15.1. The third-order valence-electron chi connectivity index (χ3n) is 1.97. The Labute approximate surface area is 70.3 Å². The molecule has 66 valence electrons. The van der Waals surface area contributed by atoms with Crippen molar-refractivity contribution in [3.05, 3.63) is 0 Å². The fourth-order valence-electron chi connectivity index (χ4n) is 0.931. The van der Waals surface area contributed by atoms with Crippen molar-refractivity contribution in [2.45, 2.75) is 33.1 Å². The number of amidine groups is 1. The Morgan fingerprint density at radius 1 is 1.36 bits per heavy atom. The average Bonchev–Trinajstić information content (AvgIpc) is 2.03.